The van der Waals surface area contributed by atoms with Gasteiger partial charge < -0.3 is 10.1 Å². The summed E-state index contributed by atoms with van der Waals surface area (Å²) in [6.45, 7) is 0. The molecule has 0 aliphatic carbocycles. The van der Waals surface area contributed by atoms with Gasteiger partial charge in [0, 0.05) is 17.3 Å². The van der Waals surface area contributed by atoms with Crippen LogP contribution in [0.1, 0.15) is 15.9 Å². The molecule has 0 unspecified atom stereocenters. The number of carbonyl (C=O) groups is 1. The third-order valence-corrected chi connectivity index (χ3v) is 2.98. The van der Waals surface area contributed by atoms with Gasteiger partial charge in [-0.25, -0.2) is 0 Å². The Balaban J connectivity index is 2.00. The molecule has 0 saturated heterocycles. The molecule has 0 radical (unpaired) electrons. The predicted molar refractivity (Wildman–Crippen MR) is 82.6 cm³/mol. The highest BCUT2D eigenvalue weighted by Gasteiger charge is 2.31. The summed E-state index contributed by atoms with van der Waals surface area (Å²) in [4.78, 5) is 12.0. The van der Waals surface area contributed by atoms with E-state index in [1.165, 1.54) is 36.4 Å². The van der Waals surface area contributed by atoms with Crippen molar-refractivity contribution in [3.8, 4) is 5.75 Å². The van der Waals surface area contributed by atoms with E-state index in [2.05, 4.69) is 10.1 Å². The van der Waals surface area contributed by atoms with Crippen molar-refractivity contribution < 1.29 is 35.9 Å². The van der Waals surface area contributed by atoms with Gasteiger partial charge in [0.15, 0.2) is 0 Å². The molecule has 3 nitrogen and oxygen atoms in total. The number of rotatable bonds is 4. The summed E-state index contributed by atoms with van der Waals surface area (Å²) in [5, 5.41) is 2.45. The van der Waals surface area contributed by atoms with Crippen LogP contribution in [0, 0.1) is 0 Å². The fourth-order valence-electron chi connectivity index (χ4n) is 1.88. The van der Waals surface area contributed by atoms with Gasteiger partial charge >= 0.3 is 12.5 Å². The predicted octanol–water partition coefficient (Wildman–Crippen LogP) is 5.41. The number of hydrogen-bond donors (Lipinski definition) is 1. The van der Waals surface area contributed by atoms with Gasteiger partial charge in [0.05, 0.1) is 0 Å². The molecule has 0 aromatic heterocycles. The molecule has 138 valence electrons. The summed E-state index contributed by atoms with van der Waals surface area (Å²) in [5.41, 5.74) is 0.655. The Kier molecular flexibility index (Phi) is 5.59. The van der Waals surface area contributed by atoms with Gasteiger partial charge in [-0.1, -0.05) is 18.2 Å². The Labute approximate surface area is 143 Å². The van der Waals surface area contributed by atoms with Gasteiger partial charge in [0.25, 0.3) is 5.91 Å². The SMILES string of the molecule is O=C(Nc1ccc(OC(F)(F)F)cc1)c1ccc(/C=C/C(F)(F)F)cc1. The first-order valence-electron chi connectivity index (χ1n) is 7.05. The van der Waals surface area contributed by atoms with Crippen molar-refractivity contribution in [2.75, 3.05) is 5.32 Å². The molecule has 0 aliphatic rings. The Morgan fingerprint density at radius 3 is 1.96 bits per heavy atom. The Morgan fingerprint density at radius 2 is 1.46 bits per heavy atom. The largest absolute Gasteiger partial charge is 0.573 e. The maximum Gasteiger partial charge on any atom is 0.573 e. The molecule has 9 heteroatoms. The molecule has 0 heterocycles. The number of amides is 1. The van der Waals surface area contributed by atoms with Gasteiger partial charge in [0.1, 0.15) is 5.75 Å². The minimum absolute atomic E-state index is 0.0760. The van der Waals surface area contributed by atoms with Gasteiger partial charge in [0.2, 0.25) is 0 Å². The van der Waals surface area contributed by atoms with Gasteiger partial charge in [-0.15, -0.1) is 13.2 Å². The molecule has 1 N–H and O–H groups in total. The molecule has 26 heavy (non-hydrogen) atoms. The molecule has 0 fully saturated rings. The van der Waals surface area contributed by atoms with Gasteiger partial charge in [-0.2, -0.15) is 13.2 Å². The smallest absolute Gasteiger partial charge is 0.406 e. The number of halogens is 6. The lowest BCUT2D eigenvalue weighted by molar-refractivity contribution is -0.274. The fraction of sp³-hybridized carbons (Fsp3) is 0.118. The molecule has 2 rings (SSSR count). The summed E-state index contributed by atoms with van der Waals surface area (Å²) in [6.07, 6.45) is -8.31. The highest BCUT2D eigenvalue weighted by molar-refractivity contribution is 6.04. The lowest BCUT2D eigenvalue weighted by atomic mass is 10.1. The van der Waals surface area contributed by atoms with Crippen LogP contribution in [0.15, 0.2) is 54.6 Å². The first kappa shape index (κ1) is 19.4. The topological polar surface area (TPSA) is 38.3 Å². The van der Waals surface area contributed by atoms with Crippen molar-refractivity contribution in [3.63, 3.8) is 0 Å². The zero-order chi connectivity index (χ0) is 19.4. The molecular weight excluding hydrogens is 364 g/mol. The third kappa shape index (κ3) is 6.50. The average Bonchev–Trinajstić information content (AvgIpc) is 2.53. The van der Waals surface area contributed by atoms with Crippen LogP contribution >= 0.6 is 0 Å². The molecule has 0 atom stereocenters. The quantitative estimate of drug-likeness (QED) is 0.726. The van der Waals surface area contributed by atoms with E-state index in [0.717, 1.165) is 18.2 Å². The first-order valence-corrected chi connectivity index (χ1v) is 7.05. The van der Waals surface area contributed by atoms with Crippen molar-refractivity contribution in [1.29, 1.82) is 0 Å². The first-order chi connectivity index (χ1) is 12.0. The Morgan fingerprint density at radius 1 is 0.885 bits per heavy atom. The molecular formula is C17H11F6NO2. The molecule has 1 amide bonds. The van der Waals surface area contributed by atoms with Crippen LogP contribution in [0.3, 0.4) is 0 Å². The molecule has 0 saturated carbocycles. The summed E-state index contributed by atoms with van der Waals surface area (Å²) >= 11 is 0. The summed E-state index contributed by atoms with van der Waals surface area (Å²) in [7, 11) is 0. The van der Waals surface area contributed by atoms with Crippen molar-refractivity contribution in [3.05, 3.63) is 65.7 Å². The number of ether oxygens (including phenoxy) is 1. The zero-order valence-corrected chi connectivity index (χ0v) is 12.9. The van der Waals surface area contributed by atoms with Crippen molar-refractivity contribution in [1.82, 2.24) is 0 Å². The number of anilines is 1. The van der Waals surface area contributed by atoms with Crippen LogP contribution in [0.4, 0.5) is 32.0 Å². The highest BCUT2D eigenvalue weighted by Crippen LogP contribution is 2.24. The molecule has 2 aromatic rings. The van der Waals surface area contributed by atoms with Crippen molar-refractivity contribution in [2.45, 2.75) is 12.5 Å². The second-order valence-electron chi connectivity index (χ2n) is 5.02. The number of hydrogen-bond acceptors (Lipinski definition) is 2. The van der Waals surface area contributed by atoms with E-state index in [0.29, 0.717) is 0 Å². The minimum atomic E-state index is -4.81. The second-order valence-corrected chi connectivity index (χ2v) is 5.02. The zero-order valence-electron chi connectivity index (χ0n) is 12.9. The number of nitrogens with one attached hydrogen (secondary N) is 1. The van der Waals surface area contributed by atoms with Crippen LogP contribution in [0.25, 0.3) is 6.08 Å². The standard InChI is InChI=1S/C17H11F6NO2/c18-16(19,20)10-9-11-1-3-12(4-2-11)15(25)24-13-5-7-14(8-6-13)26-17(21,22)23/h1-10H,(H,24,25)/b10-9+. The molecule has 2 aromatic carbocycles. The highest BCUT2D eigenvalue weighted by atomic mass is 19.4. The van der Waals surface area contributed by atoms with Crippen LogP contribution in [0.2, 0.25) is 0 Å². The normalized spacial score (nSPS) is 12.2. The number of carbonyl (C=O) groups excluding carboxylic acids is 1. The van der Waals surface area contributed by atoms with E-state index < -0.39 is 24.2 Å². The van der Waals surface area contributed by atoms with E-state index in [1.807, 2.05) is 0 Å². The van der Waals surface area contributed by atoms with E-state index >= 15 is 0 Å². The van der Waals surface area contributed by atoms with Crippen LogP contribution < -0.4 is 10.1 Å². The summed E-state index contributed by atoms with van der Waals surface area (Å²) in [5.74, 6) is -1.00. The number of alkyl halides is 6. The lowest BCUT2D eigenvalue weighted by Crippen LogP contribution is -2.17. The van der Waals surface area contributed by atoms with Crippen LogP contribution in [-0.2, 0) is 0 Å². The van der Waals surface area contributed by atoms with Gasteiger partial charge in [-0.05, 0) is 42.0 Å². The maximum atomic E-state index is 12.1. The van der Waals surface area contributed by atoms with E-state index in [9.17, 15) is 31.1 Å². The van der Waals surface area contributed by atoms with E-state index in [-0.39, 0.29) is 22.9 Å². The molecule has 0 spiro atoms. The average molecular weight is 375 g/mol. The van der Waals surface area contributed by atoms with Crippen LogP contribution in [-0.4, -0.2) is 18.4 Å². The van der Waals surface area contributed by atoms with E-state index in [1.54, 1.807) is 0 Å². The maximum absolute atomic E-state index is 12.1. The second kappa shape index (κ2) is 7.51. The van der Waals surface area contributed by atoms with Gasteiger partial charge in [-0.3, -0.25) is 4.79 Å². The number of benzene rings is 2. The van der Waals surface area contributed by atoms with Crippen LogP contribution in [0.5, 0.6) is 5.75 Å². The third-order valence-electron chi connectivity index (χ3n) is 2.98. The Hall–Kier alpha value is -2.97. The minimum Gasteiger partial charge on any atom is -0.406 e. The molecule has 0 aliphatic heterocycles. The van der Waals surface area contributed by atoms with Crippen molar-refractivity contribution in [2.24, 2.45) is 0 Å². The van der Waals surface area contributed by atoms with Crippen molar-refractivity contribution >= 4 is 17.7 Å². The summed E-state index contributed by atoms with van der Waals surface area (Å²) < 4.78 is 76.2. The summed E-state index contributed by atoms with van der Waals surface area (Å²) in [6, 6.07) is 9.83. The number of allylic oxidation sites excluding steroid dienone is 1. The van der Waals surface area contributed by atoms with E-state index in [4.69, 9.17) is 0 Å². The lowest BCUT2D eigenvalue weighted by Gasteiger charge is -2.10. The monoisotopic (exact) mass is 375 g/mol. The Bertz CT molecular complexity index is 777. The molecule has 0 bridgehead atoms. The fourth-order valence-corrected chi connectivity index (χ4v) is 1.88.